The highest BCUT2D eigenvalue weighted by atomic mass is 35.5. The second kappa shape index (κ2) is 2.63. The van der Waals surface area contributed by atoms with Gasteiger partial charge in [-0.25, -0.2) is 4.99 Å². The van der Waals surface area contributed by atoms with Crippen LogP contribution in [0.3, 0.4) is 0 Å². The molecular formula is C7H7ClN4O. The number of fused-ring (bicyclic) bond motifs is 1. The molecule has 0 spiro atoms. The Morgan fingerprint density at radius 1 is 1.46 bits per heavy atom. The van der Waals surface area contributed by atoms with E-state index in [0.717, 1.165) is 0 Å². The lowest BCUT2D eigenvalue weighted by atomic mass is 10.0. The van der Waals surface area contributed by atoms with E-state index in [1.807, 2.05) is 0 Å². The molecule has 1 amide bonds. The van der Waals surface area contributed by atoms with E-state index in [9.17, 15) is 4.79 Å². The van der Waals surface area contributed by atoms with Gasteiger partial charge in [-0.15, -0.1) is 0 Å². The highest BCUT2D eigenvalue weighted by Crippen LogP contribution is 2.21. The molecule has 0 saturated carbocycles. The van der Waals surface area contributed by atoms with Crippen molar-refractivity contribution in [3.63, 3.8) is 0 Å². The zero-order valence-corrected chi connectivity index (χ0v) is 7.91. The van der Waals surface area contributed by atoms with Crippen molar-refractivity contribution in [2.45, 2.75) is 6.92 Å². The third kappa shape index (κ3) is 1.16. The average Bonchev–Trinajstić information content (AvgIpc) is 2.27. The van der Waals surface area contributed by atoms with Crippen LogP contribution in [0, 0.1) is 5.92 Å². The molecule has 0 aromatic carbocycles. The molecule has 0 aromatic rings. The Labute approximate surface area is 79.8 Å². The predicted octanol–water partition coefficient (Wildman–Crippen LogP) is 0.457. The van der Waals surface area contributed by atoms with E-state index in [-0.39, 0.29) is 11.2 Å². The third-order valence-corrected chi connectivity index (χ3v) is 2.14. The number of amides is 1. The lowest BCUT2D eigenvalue weighted by Gasteiger charge is -2.14. The van der Waals surface area contributed by atoms with Gasteiger partial charge in [0.2, 0.25) is 5.29 Å². The molecule has 0 bridgehead atoms. The highest BCUT2D eigenvalue weighted by molar-refractivity contribution is 6.67. The van der Waals surface area contributed by atoms with E-state index in [2.05, 4.69) is 15.1 Å². The first-order valence-corrected chi connectivity index (χ1v) is 4.13. The summed E-state index contributed by atoms with van der Waals surface area (Å²) >= 11 is 5.56. The lowest BCUT2D eigenvalue weighted by molar-refractivity contribution is -0.118. The molecule has 0 aliphatic carbocycles. The van der Waals surface area contributed by atoms with Crippen molar-refractivity contribution < 1.29 is 4.79 Å². The Morgan fingerprint density at radius 3 is 2.85 bits per heavy atom. The number of aliphatic imine (C=N–C) groups is 2. The summed E-state index contributed by atoms with van der Waals surface area (Å²) in [5, 5.41) is 5.61. The minimum atomic E-state index is -0.424. The minimum absolute atomic E-state index is 0.0204. The summed E-state index contributed by atoms with van der Waals surface area (Å²) < 4.78 is 0. The van der Waals surface area contributed by atoms with Gasteiger partial charge in [0.25, 0.3) is 5.91 Å². The summed E-state index contributed by atoms with van der Waals surface area (Å²) in [5.74, 6) is -0.157. The van der Waals surface area contributed by atoms with E-state index in [1.165, 1.54) is 0 Å². The van der Waals surface area contributed by atoms with E-state index < -0.39 is 5.92 Å². The molecule has 68 valence electrons. The molecule has 0 fully saturated rings. The fourth-order valence-electron chi connectivity index (χ4n) is 1.42. The number of hydrogen-bond donors (Lipinski definition) is 0. The maximum Gasteiger partial charge on any atom is 0.265 e. The van der Waals surface area contributed by atoms with Crippen LogP contribution in [0.25, 0.3) is 0 Å². The van der Waals surface area contributed by atoms with Crippen LogP contribution in [0.4, 0.5) is 0 Å². The van der Waals surface area contributed by atoms with Crippen LogP contribution >= 0.6 is 11.6 Å². The summed E-state index contributed by atoms with van der Waals surface area (Å²) in [5.41, 5.74) is 0.708. The van der Waals surface area contributed by atoms with Crippen LogP contribution < -0.4 is 0 Å². The van der Waals surface area contributed by atoms with Crippen LogP contribution in [-0.2, 0) is 4.79 Å². The van der Waals surface area contributed by atoms with Gasteiger partial charge < -0.3 is 0 Å². The van der Waals surface area contributed by atoms with Gasteiger partial charge in [-0.1, -0.05) is 0 Å². The quantitative estimate of drug-likeness (QED) is 0.531. The lowest BCUT2D eigenvalue weighted by Crippen LogP contribution is -2.33. The summed E-state index contributed by atoms with van der Waals surface area (Å²) in [7, 11) is 1.73. The maximum absolute atomic E-state index is 11.4. The molecule has 0 aromatic heterocycles. The number of rotatable bonds is 0. The molecule has 13 heavy (non-hydrogen) atoms. The Hall–Kier alpha value is -1.23. The smallest absolute Gasteiger partial charge is 0.265 e. The van der Waals surface area contributed by atoms with Gasteiger partial charge in [-0.05, 0) is 18.5 Å². The highest BCUT2D eigenvalue weighted by Gasteiger charge is 2.37. The normalized spacial score (nSPS) is 26.7. The van der Waals surface area contributed by atoms with Crippen LogP contribution in [0.5, 0.6) is 0 Å². The minimum Gasteiger partial charge on any atom is -0.271 e. The SMILES string of the molecule is CC1=NN(C)C2=NC(Cl)=NC(=O)C12. The van der Waals surface area contributed by atoms with Crippen LogP contribution in [0.1, 0.15) is 6.92 Å². The van der Waals surface area contributed by atoms with Gasteiger partial charge in [0.15, 0.2) is 0 Å². The second-order valence-corrected chi connectivity index (χ2v) is 3.23. The van der Waals surface area contributed by atoms with Crippen molar-refractivity contribution in [3.05, 3.63) is 0 Å². The van der Waals surface area contributed by atoms with Gasteiger partial charge in [0.1, 0.15) is 11.8 Å². The monoisotopic (exact) mass is 198 g/mol. The summed E-state index contributed by atoms with van der Waals surface area (Å²) in [6.45, 7) is 1.77. The van der Waals surface area contributed by atoms with Gasteiger partial charge in [0.05, 0.1) is 5.71 Å². The molecule has 2 aliphatic rings. The molecular weight excluding hydrogens is 192 g/mol. The average molecular weight is 199 g/mol. The largest absolute Gasteiger partial charge is 0.271 e. The second-order valence-electron chi connectivity index (χ2n) is 2.89. The Kier molecular flexibility index (Phi) is 1.69. The van der Waals surface area contributed by atoms with Gasteiger partial charge in [-0.2, -0.15) is 10.1 Å². The molecule has 0 saturated heterocycles. The Morgan fingerprint density at radius 2 is 2.15 bits per heavy atom. The summed E-state index contributed by atoms with van der Waals surface area (Å²) in [4.78, 5) is 18.9. The van der Waals surface area contributed by atoms with Crippen molar-refractivity contribution in [1.29, 1.82) is 0 Å². The fraction of sp³-hybridized carbons (Fsp3) is 0.429. The van der Waals surface area contributed by atoms with Crippen LogP contribution in [0.2, 0.25) is 0 Å². The first-order valence-electron chi connectivity index (χ1n) is 3.75. The van der Waals surface area contributed by atoms with Crippen LogP contribution in [-0.4, -0.2) is 34.8 Å². The first-order chi connectivity index (χ1) is 6.09. The molecule has 1 unspecified atom stereocenters. The number of amidine groups is 2. The van der Waals surface area contributed by atoms with Crippen molar-refractivity contribution in [3.8, 4) is 0 Å². The number of hydrazone groups is 1. The fourth-order valence-corrected chi connectivity index (χ4v) is 1.59. The maximum atomic E-state index is 11.4. The van der Waals surface area contributed by atoms with E-state index >= 15 is 0 Å². The predicted molar refractivity (Wildman–Crippen MR) is 50.1 cm³/mol. The van der Waals surface area contributed by atoms with Crippen molar-refractivity contribution >= 4 is 34.4 Å². The molecule has 2 aliphatic heterocycles. The van der Waals surface area contributed by atoms with Crippen molar-refractivity contribution in [1.82, 2.24) is 5.01 Å². The molecule has 5 nitrogen and oxygen atoms in total. The number of hydrogen-bond acceptors (Lipinski definition) is 4. The molecule has 2 heterocycles. The van der Waals surface area contributed by atoms with Gasteiger partial charge in [0, 0.05) is 7.05 Å². The molecule has 0 N–H and O–H groups in total. The van der Waals surface area contributed by atoms with Crippen LogP contribution in [0.15, 0.2) is 15.1 Å². The number of carbonyl (C=O) groups excluding carboxylic acids is 1. The Balaban J connectivity index is 2.47. The first kappa shape index (κ1) is 8.37. The van der Waals surface area contributed by atoms with Crippen molar-refractivity contribution in [2.24, 2.45) is 21.0 Å². The number of nitrogens with zero attached hydrogens (tertiary/aromatic N) is 4. The number of carbonyl (C=O) groups is 1. The number of halogens is 1. The zero-order chi connectivity index (χ0) is 9.59. The van der Waals surface area contributed by atoms with Gasteiger partial charge >= 0.3 is 0 Å². The van der Waals surface area contributed by atoms with Gasteiger partial charge in [-0.3, -0.25) is 9.80 Å². The Bertz CT molecular complexity index is 371. The van der Waals surface area contributed by atoms with Crippen molar-refractivity contribution in [2.75, 3.05) is 7.05 Å². The molecule has 2 rings (SSSR count). The van der Waals surface area contributed by atoms with E-state index in [4.69, 9.17) is 11.6 Å². The summed E-state index contributed by atoms with van der Waals surface area (Å²) in [6, 6.07) is 0. The topological polar surface area (TPSA) is 57.4 Å². The standard InChI is InChI=1S/C7H7ClN4O/c1-3-4-5(12(2)11-3)9-7(8)10-6(4)13/h4H,1-2H3. The third-order valence-electron chi connectivity index (χ3n) is 1.97. The molecule has 1 atom stereocenters. The molecule has 0 radical (unpaired) electrons. The zero-order valence-electron chi connectivity index (χ0n) is 7.15. The van der Waals surface area contributed by atoms with E-state index in [0.29, 0.717) is 11.5 Å². The summed E-state index contributed by atoms with van der Waals surface area (Å²) in [6.07, 6.45) is 0. The molecule has 6 heteroatoms. The van der Waals surface area contributed by atoms with E-state index in [1.54, 1.807) is 19.0 Å².